The average Bonchev–Trinajstić information content (AvgIpc) is 3.04. The third kappa shape index (κ3) is 10.1. The first kappa shape index (κ1) is 37.0. The Labute approximate surface area is 282 Å². The summed E-state index contributed by atoms with van der Waals surface area (Å²) in [4.78, 5) is 76.1. The fourth-order valence-corrected chi connectivity index (χ4v) is 6.31. The third-order valence-corrected chi connectivity index (χ3v) is 9.19. The molecule has 1 saturated heterocycles. The van der Waals surface area contributed by atoms with Crippen LogP contribution in [0.4, 0.5) is 0 Å². The summed E-state index contributed by atoms with van der Waals surface area (Å²) in [6.07, 6.45) is 1.46. The van der Waals surface area contributed by atoms with Crippen molar-refractivity contribution in [3.8, 4) is 0 Å². The minimum atomic E-state index is -0.566. The molecule has 1 aliphatic rings. The Morgan fingerprint density at radius 1 is 0.792 bits per heavy atom. The zero-order chi connectivity index (χ0) is 34.8. The molecule has 0 saturated carbocycles. The van der Waals surface area contributed by atoms with Gasteiger partial charge in [-0.2, -0.15) is 0 Å². The lowest BCUT2D eigenvalue weighted by atomic mass is 10.0. The summed E-state index contributed by atoms with van der Waals surface area (Å²) in [7, 11) is 3.39. The van der Waals surface area contributed by atoms with E-state index in [0.29, 0.717) is 100 Å². The molecular weight excluding hydrogens is 614 g/mol. The molecule has 1 aliphatic heterocycles. The van der Waals surface area contributed by atoms with Crippen molar-refractivity contribution in [2.75, 3.05) is 66.5 Å². The van der Waals surface area contributed by atoms with Gasteiger partial charge in [-0.25, -0.2) is 4.98 Å². The van der Waals surface area contributed by atoms with E-state index in [9.17, 15) is 24.0 Å². The van der Waals surface area contributed by atoms with Crippen LogP contribution in [0, 0.1) is 0 Å². The predicted octanol–water partition coefficient (Wildman–Crippen LogP) is 2.93. The largest absolute Gasteiger partial charge is 0.468 e. The van der Waals surface area contributed by atoms with Gasteiger partial charge in [-0.05, 0) is 64.9 Å². The van der Waals surface area contributed by atoms with Crippen molar-refractivity contribution in [1.29, 1.82) is 0 Å². The van der Waals surface area contributed by atoms with E-state index in [1.165, 1.54) is 14.0 Å². The lowest BCUT2D eigenvalue weighted by Gasteiger charge is -2.37. The Bertz CT molecular complexity index is 1660. The first-order valence-electron chi connectivity index (χ1n) is 16.7. The number of nitrogens with zero attached hydrogens (tertiary/aromatic N) is 5. The van der Waals surface area contributed by atoms with Crippen molar-refractivity contribution in [2.24, 2.45) is 0 Å². The zero-order valence-electron chi connectivity index (χ0n) is 28.9. The number of hydrogen-bond acceptors (Lipinski definition) is 12. The van der Waals surface area contributed by atoms with Gasteiger partial charge < -0.3 is 23.6 Å². The molecule has 4 rings (SSSR count). The topological polar surface area (TPSA) is 134 Å². The monoisotopic (exact) mass is 663 g/mol. The van der Waals surface area contributed by atoms with Crippen LogP contribution in [0.3, 0.4) is 0 Å². The first-order valence-corrected chi connectivity index (χ1v) is 16.7. The maximum absolute atomic E-state index is 13.1. The smallest absolute Gasteiger partial charge is 0.323 e. The van der Waals surface area contributed by atoms with Gasteiger partial charge in [0, 0.05) is 71.7 Å². The number of methoxy groups -OCH3 is 1. The summed E-state index contributed by atoms with van der Waals surface area (Å²) in [5.74, 6) is -0.254. The van der Waals surface area contributed by atoms with Gasteiger partial charge in [0.05, 0.1) is 29.6 Å². The molecule has 0 aliphatic carbocycles. The Balaban J connectivity index is 1.65. The molecule has 3 heterocycles. The third-order valence-electron chi connectivity index (χ3n) is 9.19. The van der Waals surface area contributed by atoms with Crippen molar-refractivity contribution in [3.63, 3.8) is 0 Å². The van der Waals surface area contributed by atoms with E-state index >= 15 is 0 Å². The highest BCUT2D eigenvalue weighted by atomic mass is 16.5. The van der Waals surface area contributed by atoms with Crippen molar-refractivity contribution in [3.05, 3.63) is 52.3 Å². The molecule has 260 valence electrons. The van der Waals surface area contributed by atoms with Gasteiger partial charge in [0.25, 0.3) is 0 Å². The van der Waals surface area contributed by atoms with Gasteiger partial charge in [0.1, 0.15) is 29.0 Å². The number of benzene rings is 1. The van der Waals surface area contributed by atoms with Crippen molar-refractivity contribution in [1.82, 2.24) is 24.6 Å². The lowest BCUT2D eigenvalue weighted by molar-refractivity contribution is -0.147. The van der Waals surface area contributed by atoms with Gasteiger partial charge in [-0.1, -0.05) is 12.1 Å². The van der Waals surface area contributed by atoms with Crippen LogP contribution in [0.1, 0.15) is 52.1 Å². The number of ether oxygens (including phenoxy) is 1. The number of carbonyl (C=O) groups is 4. The van der Waals surface area contributed by atoms with Crippen LogP contribution in [0.5, 0.6) is 0 Å². The van der Waals surface area contributed by atoms with Crippen LogP contribution in [-0.4, -0.2) is 127 Å². The first-order chi connectivity index (χ1) is 23.0. The van der Waals surface area contributed by atoms with E-state index in [-0.39, 0.29) is 46.9 Å². The highest BCUT2D eigenvalue weighted by molar-refractivity contribution is 5.88. The fraction of sp³-hybridized carbons (Fsp3) is 0.556. The highest BCUT2D eigenvalue weighted by Crippen LogP contribution is 2.19. The van der Waals surface area contributed by atoms with Crippen molar-refractivity contribution < 1.29 is 28.3 Å². The van der Waals surface area contributed by atoms with E-state index in [1.807, 2.05) is 19.2 Å². The minimum absolute atomic E-state index is 0.0173. The molecule has 12 nitrogen and oxygen atoms in total. The number of fused-ring (bicyclic) bond motifs is 2. The SMILES string of the molecule is COC(=O)C(CCC(C)=O)N1CCN(C)CCN(C(CCC(C)=O)C(C)=O)CCN(Cc2ccc3c(=O)c4ccccc4oc3n2)CC1. The van der Waals surface area contributed by atoms with Crippen LogP contribution in [0.25, 0.3) is 22.1 Å². The molecule has 0 spiro atoms. The molecule has 2 atom stereocenters. The van der Waals surface area contributed by atoms with Crippen molar-refractivity contribution >= 4 is 45.4 Å². The minimum Gasteiger partial charge on any atom is -0.468 e. The fourth-order valence-electron chi connectivity index (χ4n) is 6.31. The molecule has 1 fully saturated rings. The molecular formula is C36H49N5O7. The van der Waals surface area contributed by atoms with E-state index in [2.05, 4.69) is 19.6 Å². The molecule has 1 aromatic carbocycles. The van der Waals surface area contributed by atoms with Gasteiger partial charge in [0.2, 0.25) is 11.1 Å². The standard InChI is InChI=1S/C36H49N5O7/c1-25(42)10-14-31(27(3)44)40-20-16-38(4)17-21-41(32(36(46)47-5)15-11-26(2)43)23-19-39(18-22-40)24-28-12-13-30-34(45)29-8-6-7-9-33(29)48-35(30)37-28/h6-9,12-13,31-32H,10-11,14-24H2,1-5H3. The summed E-state index contributed by atoms with van der Waals surface area (Å²) in [5.41, 5.74) is 1.33. The van der Waals surface area contributed by atoms with Crippen LogP contribution in [-0.2, 0) is 30.5 Å². The number of carbonyl (C=O) groups excluding carboxylic acids is 4. The summed E-state index contributed by atoms with van der Waals surface area (Å²) in [6, 6.07) is 9.76. The van der Waals surface area contributed by atoms with E-state index in [1.54, 1.807) is 38.1 Å². The van der Waals surface area contributed by atoms with Crippen LogP contribution < -0.4 is 5.43 Å². The second kappa shape index (κ2) is 17.5. The maximum Gasteiger partial charge on any atom is 0.323 e. The average molecular weight is 664 g/mol. The van der Waals surface area contributed by atoms with Gasteiger partial charge >= 0.3 is 5.97 Å². The normalized spacial score (nSPS) is 17.8. The molecule has 48 heavy (non-hydrogen) atoms. The molecule has 0 radical (unpaired) electrons. The van der Waals surface area contributed by atoms with E-state index in [4.69, 9.17) is 14.1 Å². The molecule has 3 aromatic rings. The molecule has 0 amide bonds. The number of Topliss-reactive ketones (excluding diaryl/α,β-unsaturated/α-hetero) is 3. The maximum atomic E-state index is 13.1. The van der Waals surface area contributed by atoms with Gasteiger partial charge in [0.15, 0.2) is 0 Å². The predicted molar refractivity (Wildman–Crippen MR) is 184 cm³/mol. The lowest BCUT2D eigenvalue weighted by Crippen LogP contribution is -2.52. The number of aromatic nitrogens is 1. The van der Waals surface area contributed by atoms with E-state index in [0.717, 1.165) is 0 Å². The number of ketones is 3. The number of para-hydroxylation sites is 1. The highest BCUT2D eigenvalue weighted by Gasteiger charge is 2.29. The Morgan fingerprint density at radius 3 is 1.98 bits per heavy atom. The van der Waals surface area contributed by atoms with Crippen LogP contribution in [0.15, 0.2) is 45.6 Å². The second-order valence-corrected chi connectivity index (χ2v) is 12.9. The van der Waals surface area contributed by atoms with Crippen LogP contribution in [0.2, 0.25) is 0 Å². The zero-order valence-corrected chi connectivity index (χ0v) is 28.9. The Hall–Kier alpha value is -3.84. The summed E-state index contributed by atoms with van der Waals surface area (Å²) < 4.78 is 11.2. The van der Waals surface area contributed by atoms with Gasteiger partial charge in [-0.15, -0.1) is 0 Å². The van der Waals surface area contributed by atoms with E-state index < -0.39 is 6.04 Å². The van der Waals surface area contributed by atoms with Crippen molar-refractivity contribution in [2.45, 2.75) is 65.1 Å². The second-order valence-electron chi connectivity index (χ2n) is 12.9. The molecule has 0 N–H and O–H groups in total. The summed E-state index contributed by atoms with van der Waals surface area (Å²) in [5, 5.41) is 0.914. The number of likely N-dealkylation sites (N-methyl/N-ethyl adjacent to an activating group) is 1. The molecule has 2 aromatic heterocycles. The Morgan fingerprint density at radius 2 is 1.38 bits per heavy atom. The number of esters is 1. The van der Waals surface area contributed by atoms with Gasteiger partial charge in [-0.3, -0.25) is 29.1 Å². The number of hydrogen-bond donors (Lipinski definition) is 0. The summed E-state index contributed by atoms with van der Waals surface area (Å²) >= 11 is 0. The molecule has 0 bridgehead atoms. The molecule has 12 heteroatoms. The number of pyridine rings is 1. The van der Waals surface area contributed by atoms with Crippen LogP contribution >= 0.6 is 0 Å². The molecule has 2 unspecified atom stereocenters. The number of rotatable bonds is 12. The quantitative estimate of drug-likeness (QED) is 0.208. The summed E-state index contributed by atoms with van der Waals surface area (Å²) in [6.45, 7) is 9.90. The Kier molecular flexibility index (Phi) is 13.5.